The molecule has 2 aliphatic carbocycles. The molecular weight excluding hydrogens is 402 g/mol. The zero-order valence-corrected chi connectivity index (χ0v) is 18.9. The van der Waals surface area contributed by atoms with Crippen molar-refractivity contribution in [1.29, 1.82) is 0 Å². The van der Waals surface area contributed by atoms with E-state index in [4.69, 9.17) is 4.74 Å². The number of benzene rings is 1. The minimum Gasteiger partial charge on any atom is -0.491 e. The lowest BCUT2D eigenvalue weighted by Crippen LogP contribution is -2.27. The van der Waals surface area contributed by atoms with Gasteiger partial charge < -0.3 is 19.8 Å². The average molecular weight is 440 g/mol. The van der Waals surface area contributed by atoms with Crippen LogP contribution < -0.4 is 4.74 Å². The molecule has 5 nitrogen and oxygen atoms in total. The summed E-state index contributed by atoms with van der Waals surface area (Å²) in [5.74, 6) is 2.00. The molecule has 4 rings (SSSR count). The van der Waals surface area contributed by atoms with Gasteiger partial charge in [0.05, 0.1) is 6.10 Å². The van der Waals surface area contributed by atoms with Crippen LogP contribution in [-0.2, 0) is 4.79 Å². The molecule has 1 amide bonds. The fourth-order valence-corrected chi connectivity index (χ4v) is 5.55. The normalized spacial score (nSPS) is 28.2. The Morgan fingerprint density at radius 3 is 2.75 bits per heavy atom. The molecule has 1 aromatic carbocycles. The number of ether oxygens (including phenoxy) is 1. The molecule has 1 aliphatic heterocycles. The van der Waals surface area contributed by atoms with Gasteiger partial charge in [0, 0.05) is 25.4 Å². The van der Waals surface area contributed by atoms with Crippen LogP contribution in [0.15, 0.2) is 54.1 Å². The first-order chi connectivity index (χ1) is 15.6. The molecule has 32 heavy (non-hydrogen) atoms. The summed E-state index contributed by atoms with van der Waals surface area (Å²) in [4.78, 5) is 14.2. The van der Waals surface area contributed by atoms with E-state index in [9.17, 15) is 15.0 Å². The summed E-state index contributed by atoms with van der Waals surface area (Å²) >= 11 is 0. The number of aliphatic hydroxyl groups is 2. The maximum Gasteiger partial charge on any atom is 0.222 e. The zero-order valence-electron chi connectivity index (χ0n) is 18.9. The molecule has 0 aromatic heterocycles. The van der Waals surface area contributed by atoms with E-state index < -0.39 is 6.10 Å². The van der Waals surface area contributed by atoms with Crippen molar-refractivity contribution in [2.45, 2.75) is 63.6 Å². The molecule has 174 valence electrons. The van der Waals surface area contributed by atoms with Crippen LogP contribution in [-0.4, -0.2) is 52.9 Å². The Morgan fingerprint density at radius 2 is 1.97 bits per heavy atom. The third kappa shape index (κ3) is 6.02. The number of carbonyl (C=O) groups is 1. The van der Waals surface area contributed by atoms with Crippen molar-refractivity contribution in [2.75, 3.05) is 19.7 Å². The summed E-state index contributed by atoms with van der Waals surface area (Å²) in [5, 5.41) is 20.8. The van der Waals surface area contributed by atoms with E-state index in [-0.39, 0.29) is 18.6 Å². The number of hydrogen-bond donors (Lipinski definition) is 2. The summed E-state index contributed by atoms with van der Waals surface area (Å²) in [6.45, 7) is 2.09. The molecule has 1 heterocycles. The van der Waals surface area contributed by atoms with Gasteiger partial charge in [0.15, 0.2) is 0 Å². The highest BCUT2D eigenvalue weighted by atomic mass is 16.5. The number of hydrogen-bond acceptors (Lipinski definition) is 4. The van der Waals surface area contributed by atoms with Gasteiger partial charge in [-0.25, -0.2) is 0 Å². The quantitative estimate of drug-likeness (QED) is 0.425. The number of likely N-dealkylation sites (tertiary alicyclic amines) is 1. The second kappa shape index (κ2) is 11.2. The van der Waals surface area contributed by atoms with Gasteiger partial charge in [-0.1, -0.05) is 42.0 Å². The minimum atomic E-state index is -0.691. The van der Waals surface area contributed by atoms with Crippen LogP contribution in [0.5, 0.6) is 5.75 Å². The fraction of sp³-hybridized carbons (Fsp3) is 0.593. The van der Waals surface area contributed by atoms with Crippen molar-refractivity contribution in [2.24, 2.45) is 17.8 Å². The number of nitrogens with zero attached hydrogens (tertiary/aromatic N) is 1. The van der Waals surface area contributed by atoms with E-state index in [1.165, 1.54) is 5.57 Å². The second-order valence-corrected chi connectivity index (χ2v) is 9.61. The van der Waals surface area contributed by atoms with E-state index in [0.717, 1.165) is 63.8 Å². The molecule has 0 spiro atoms. The highest BCUT2D eigenvalue weighted by molar-refractivity contribution is 5.76. The van der Waals surface area contributed by atoms with Crippen molar-refractivity contribution in [1.82, 2.24) is 4.90 Å². The Morgan fingerprint density at radius 1 is 1.19 bits per heavy atom. The van der Waals surface area contributed by atoms with Crippen molar-refractivity contribution < 1.29 is 19.7 Å². The summed E-state index contributed by atoms with van der Waals surface area (Å²) in [7, 11) is 0. The molecule has 1 saturated heterocycles. The summed E-state index contributed by atoms with van der Waals surface area (Å²) in [6.07, 6.45) is 13.0. The Kier molecular flexibility index (Phi) is 8.04. The maximum absolute atomic E-state index is 12.2. The van der Waals surface area contributed by atoms with E-state index >= 15 is 0 Å². The number of unbranched alkanes of at least 4 members (excludes halogenated alkanes) is 1. The first-order valence-corrected chi connectivity index (χ1v) is 12.3. The number of para-hydroxylation sites is 1. The van der Waals surface area contributed by atoms with Gasteiger partial charge in [-0.2, -0.15) is 0 Å². The average Bonchev–Trinajstić information content (AvgIpc) is 3.52. The first-order valence-electron chi connectivity index (χ1n) is 12.3. The van der Waals surface area contributed by atoms with Crippen LogP contribution in [0.3, 0.4) is 0 Å². The number of fused-ring (bicyclic) bond motifs is 1. The fourth-order valence-electron chi connectivity index (χ4n) is 5.55. The predicted octanol–water partition coefficient (Wildman–Crippen LogP) is 4.11. The van der Waals surface area contributed by atoms with E-state index in [2.05, 4.69) is 6.08 Å². The first kappa shape index (κ1) is 23.1. The summed E-state index contributed by atoms with van der Waals surface area (Å²) < 4.78 is 5.62. The van der Waals surface area contributed by atoms with Crippen LogP contribution in [0, 0.1) is 17.8 Å². The topological polar surface area (TPSA) is 70.0 Å². The van der Waals surface area contributed by atoms with Crippen molar-refractivity contribution >= 4 is 5.91 Å². The standard InChI is InChI=1S/C27H37NO4/c29-22(19-32-23-9-2-1-3-10-23)12-13-24-25-17-20(16-21(25)18-26(24)30)8-4-5-11-27(31)28-14-6-7-15-28/h1-3,9-10,12-13,16,21-22,24-26,29-30H,4-8,11,14-15,17-19H2/b13-12+/t21-,22+,24+,25-,26+/m0/s1. The van der Waals surface area contributed by atoms with Crippen LogP contribution in [0.1, 0.15) is 51.4 Å². The van der Waals surface area contributed by atoms with Gasteiger partial charge in [-0.15, -0.1) is 0 Å². The van der Waals surface area contributed by atoms with E-state index in [0.29, 0.717) is 24.2 Å². The van der Waals surface area contributed by atoms with Crippen LogP contribution in [0.2, 0.25) is 0 Å². The van der Waals surface area contributed by atoms with Gasteiger partial charge in [0.2, 0.25) is 5.91 Å². The lowest BCUT2D eigenvalue weighted by Gasteiger charge is -2.19. The molecule has 3 aliphatic rings. The molecule has 0 radical (unpaired) electrons. The highest BCUT2D eigenvalue weighted by Crippen LogP contribution is 2.48. The van der Waals surface area contributed by atoms with Crippen molar-refractivity contribution in [3.05, 3.63) is 54.1 Å². The predicted molar refractivity (Wildman–Crippen MR) is 125 cm³/mol. The third-order valence-electron chi connectivity index (χ3n) is 7.27. The minimum absolute atomic E-state index is 0.0804. The Labute approximate surface area is 191 Å². The number of rotatable bonds is 10. The number of allylic oxidation sites excluding steroid dienone is 2. The second-order valence-electron chi connectivity index (χ2n) is 9.61. The smallest absolute Gasteiger partial charge is 0.222 e. The largest absolute Gasteiger partial charge is 0.491 e. The monoisotopic (exact) mass is 439 g/mol. The Bertz CT molecular complexity index is 799. The molecule has 1 saturated carbocycles. The molecule has 0 unspecified atom stereocenters. The zero-order chi connectivity index (χ0) is 22.3. The number of amides is 1. The van der Waals surface area contributed by atoms with E-state index in [1.807, 2.05) is 41.3 Å². The number of carbonyl (C=O) groups excluding carboxylic acids is 1. The van der Waals surface area contributed by atoms with Crippen molar-refractivity contribution in [3.8, 4) is 5.75 Å². The van der Waals surface area contributed by atoms with E-state index in [1.54, 1.807) is 6.08 Å². The molecule has 0 bridgehead atoms. The van der Waals surface area contributed by atoms with Crippen LogP contribution in [0.25, 0.3) is 0 Å². The third-order valence-corrected chi connectivity index (χ3v) is 7.27. The molecule has 1 aromatic rings. The maximum atomic E-state index is 12.2. The van der Waals surface area contributed by atoms with Crippen molar-refractivity contribution in [3.63, 3.8) is 0 Å². The summed E-state index contributed by atoms with van der Waals surface area (Å²) in [5.41, 5.74) is 1.48. The van der Waals surface area contributed by atoms with Gasteiger partial charge in [0.25, 0.3) is 0 Å². The Balaban J connectivity index is 1.18. The molecule has 5 atom stereocenters. The van der Waals surface area contributed by atoms with Crippen LogP contribution >= 0.6 is 0 Å². The Hall–Kier alpha value is -2.11. The van der Waals surface area contributed by atoms with Gasteiger partial charge in [-0.05, 0) is 68.9 Å². The van der Waals surface area contributed by atoms with Gasteiger partial charge in [-0.3, -0.25) is 4.79 Å². The van der Waals surface area contributed by atoms with Crippen LogP contribution in [0.4, 0.5) is 0 Å². The molecule has 5 heteroatoms. The highest BCUT2D eigenvalue weighted by Gasteiger charge is 2.43. The molecular formula is C27H37NO4. The summed E-state index contributed by atoms with van der Waals surface area (Å²) in [6, 6.07) is 9.48. The number of aliphatic hydroxyl groups excluding tert-OH is 2. The van der Waals surface area contributed by atoms with Gasteiger partial charge >= 0.3 is 0 Å². The lowest BCUT2D eigenvalue weighted by atomic mass is 9.88. The molecule has 2 fully saturated rings. The SMILES string of the molecule is O=C(CCCCC1=C[C@H]2C[C@@H](O)[C@H](/C=C/[C@@H](O)COc3ccccc3)[C@H]2C1)N1CCCC1. The molecule has 2 N–H and O–H groups in total. The van der Waals surface area contributed by atoms with Gasteiger partial charge in [0.1, 0.15) is 18.5 Å². The lowest BCUT2D eigenvalue weighted by molar-refractivity contribution is -0.130.